The number of piperidine rings is 1. The fourth-order valence-corrected chi connectivity index (χ4v) is 5.20. The number of fused-ring (bicyclic) bond motifs is 1. The van der Waals surface area contributed by atoms with E-state index in [2.05, 4.69) is 10.3 Å². The van der Waals surface area contributed by atoms with Gasteiger partial charge in [0.15, 0.2) is 11.5 Å². The number of pyridine rings is 1. The Labute approximate surface area is 176 Å². The van der Waals surface area contributed by atoms with Crippen LogP contribution in [0, 0.1) is 5.92 Å². The van der Waals surface area contributed by atoms with Crippen LogP contribution in [0.25, 0.3) is 0 Å². The summed E-state index contributed by atoms with van der Waals surface area (Å²) < 4.78 is 38.4. The van der Waals surface area contributed by atoms with E-state index in [0.29, 0.717) is 57.2 Å². The highest BCUT2D eigenvalue weighted by Crippen LogP contribution is 2.34. The van der Waals surface area contributed by atoms with Crippen LogP contribution in [0.2, 0.25) is 0 Å². The van der Waals surface area contributed by atoms with Crippen molar-refractivity contribution >= 4 is 15.9 Å². The summed E-state index contributed by atoms with van der Waals surface area (Å²) in [5.41, 5.74) is 1.07. The first kappa shape index (κ1) is 20.6. The van der Waals surface area contributed by atoms with Gasteiger partial charge < -0.3 is 14.8 Å². The Morgan fingerprint density at radius 3 is 2.63 bits per heavy atom. The summed E-state index contributed by atoms with van der Waals surface area (Å²) in [4.78, 5) is 16.7. The average molecular weight is 432 g/mol. The average Bonchev–Trinajstić information content (AvgIpc) is 2.79. The van der Waals surface area contributed by atoms with Gasteiger partial charge in [0.25, 0.3) is 0 Å². The van der Waals surface area contributed by atoms with E-state index < -0.39 is 10.0 Å². The number of aromatic nitrogens is 1. The Bertz CT molecular complexity index is 989. The number of carbonyl (C=O) groups excluding carboxylic acids is 1. The summed E-state index contributed by atoms with van der Waals surface area (Å²) in [5, 5.41) is 2.96. The Kier molecular flexibility index (Phi) is 6.19. The summed E-state index contributed by atoms with van der Waals surface area (Å²) in [6.45, 7) is 2.03. The van der Waals surface area contributed by atoms with Gasteiger partial charge in [0, 0.05) is 44.0 Å². The molecule has 0 unspecified atom stereocenters. The maximum absolute atomic E-state index is 13.0. The van der Waals surface area contributed by atoms with Crippen LogP contribution in [0.5, 0.6) is 11.5 Å². The van der Waals surface area contributed by atoms with Gasteiger partial charge in [-0.15, -0.1) is 0 Å². The van der Waals surface area contributed by atoms with Gasteiger partial charge in [-0.1, -0.05) is 6.07 Å². The van der Waals surface area contributed by atoms with Gasteiger partial charge in [-0.2, -0.15) is 4.31 Å². The number of benzene rings is 1. The van der Waals surface area contributed by atoms with E-state index >= 15 is 0 Å². The molecule has 0 aliphatic carbocycles. The highest BCUT2D eigenvalue weighted by Gasteiger charge is 2.32. The molecule has 0 spiro atoms. The van der Waals surface area contributed by atoms with E-state index in [-0.39, 0.29) is 16.7 Å². The summed E-state index contributed by atoms with van der Waals surface area (Å²) in [6.07, 6.45) is 5.23. The first-order chi connectivity index (χ1) is 14.5. The number of nitrogens with zero attached hydrogens (tertiary/aromatic N) is 2. The van der Waals surface area contributed by atoms with Crippen LogP contribution in [-0.4, -0.2) is 56.5 Å². The second-order valence-corrected chi connectivity index (χ2v) is 9.32. The molecule has 0 bridgehead atoms. The number of sulfonamides is 1. The number of ether oxygens (including phenoxy) is 2. The van der Waals surface area contributed by atoms with E-state index in [0.717, 1.165) is 12.0 Å². The molecule has 9 heteroatoms. The van der Waals surface area contributed by atoms with E-state index in [1.54, 1.807) is 24.5 Å². The lowest BCUT2D eigenvalue weighted by atomic mass is 9.97. The maximum Gasteiger partial charge on any atom is 0.243 e. The summed E-state index contributed by atoms with van der Waals surface area (Å²) in [7, 11) is -3.64. The number of hydrogen-bond acceptors (Lipinski definition) is 6. The highest BCUT2D eigenvalue weighted by molar-refractivity contribution is 7.89. The molecule has 0 atom stereocenters. The molecule has 2 aromatic rings. The highest BCUT2D eigenvalue weighted by atomic mass is 32.2. The first-order valence-electron chi connectivity index (χ1n) is 10.1. The van der Waals surface area contributed by atoms with Crippen LogP contribution in [-0.2, 0) is 21.2 Å². The van der Waals surface area contributed by atoms with Crippen LogP contribution < -0.4 is 14.8 Å². The predicted octanol–water partition coefficient (Wildman–Crippen LogP) is 1.61. The first-order valence-corrected chi connectivity index (χ1v) is 11.5. The standard InChI is InChI=1S/C21H25N3O5S/c25-21(23-9-5-16-2-1-8-22-15-16)17-6-10-24(11-7-17)30(26,27)18-3-4-19-20(14-18)29-13-12-28-19/h1-4,8,14-15,17H,5-7,9-13H2,(H,23,25). The van der Waals surface area contributed by atoms with Crippen molar-refractivity contribution in [1.82, 2.24) is 14.6 Å². The van der Waals surface area contributed by atoms with Crippen molar-refractivity contribution in [1.29, 1.82) is 0 Å². The fraction of sp³-hybridized carbons (Fsp3) is 0.429. The van der Waals surface area contributed by atoms with Gasteiger partial charge in [0.05, 0.1) is 4.90 Å². The Morgan fingerprint density at radius 1 is 1.13 bits per heavy atom. The molecule has 160 valence electrons. The molecule has 1 fully saturated rings. The van der Waals surface area contributed by atoms with Crippen molar-refractivity contribution < 1.29 is 22.7 Å². The molecule has 1 aromatic heterocycles. The molecule has 8 nitrogen and oxygen atoms in total. The van der Waals surface area contributed by atoms with Crippen LogP contribution in [0.4, 0.5) is 0 Å². The van der Waals surface area contributed by atoms with Gasteiger partial charge in [-0.05, 0) is 43.0 Å². The molecule has 1 saturated heterocycles. The number of hydrogen-bond donors (Lipinski definition) is 1. The van der Waals surface area contributed by atoms with Crippen molar-refractivity contribution in [2.45, 2.75) is 24.2 Å². The largest absolute Gasteiger partial charge is 0.486 e. The molecule has 0 radical (unpaired) electrons. The van der Waals surface area contributed by atoms with Gasteiger partial charge >= 0.3 is 0 Å². The van der Waals surface area contributed by atoms with E-state index in [1.165, 1.54) is 10.4 Å². The SMILES string of the molecule is O=C(NCCc1cccnc1)C1CCN(S(=O)(=O)c2ccc3c(c2)OCCO3)CC1. The van der Waals surface area contributed by atoms with E-state index in [1.807, 2.05) is 12.1 Å². The van der Waals surface area contributed by atoms with Crippen LogP contribution >= 0.6 is 0 Å². The summed E-state index contributed by atoms with van der Waals surface area (Å²) >= 11 is 0. The minimum Gasteiger partial charge on any atom is -0.486 e. The third-order valence-electron chi connectivity index (χ3n) is 5.41. The van der Waals surface area contributed by atoms with Crippen molar-refractivity contribution in [3.8, 4) is 11.5 Å². The van der Waals surface area contributed by atoms with Gasteiger partial charge in [0.2, 0.25) is 15.9 Å². The molecular weight excluding hydrogens is 406 g/mol. The summed E-state index contributed by atoms with van der Waals surface area (Å²) in [5.74, 6) is 0.813. The lowest BCUT2D eigenvalue weighted by molar-refractivity contribution is -0.126. The van der Waals surface area contributed by atoms with Crippen molar-refractivity contribution in [3.05, 3.63) is 48.3 Å². The Balaban J connectivity index is 1.30. The third kappa shape index (κ3) is 4.57. The summed E-state index contributed by atoms with van der Waals surface area (Å²) in [6, 6.07) is 8.53. The van der Waals surface area contributed by atoms with Gasteiger partial charge in [-0.25, -0.2) is 8.42 Å². The number of rotatable bonds is 6. The second-order valence-electron chi connectivity index (χ2n) is 7.39. The molecule has 2 aliphatic heterocycles. The quantitative estimate of drug-likeness (QED) is 0.746. The molecule has 4 rings (SSSR count). The Morgan fingerprint density at radius 2 is 1.90 bits per heavy atom. The maximum atomic E-state index is 13.0. The minimum absolute atomic E-state index is 0.0183. The van der Waals surface area contributed by atoms with Crippen LogP contribution in [0.15, 0.2) is 47.6 Å². The second kappa shape index (κ2) is 9.01. The van der Waals surface area contributed by atoms with Crippen molar-refractivity contribution in [3.63, 3.8) is 0 Å². The van der Waals surface area contributed by atoms with E-state index in [4.69, 9.17) is 9.47 Å². The number of amides is 1. The Hall–Kier alpha value is -2.65. The zero-order valence-corrected chi connectivity index (χ0v) is 17.4. The van der Waals surface area contributed by atoms with E-state index in [9.17, 15) is 13.2 Å². The zero-order valence-electron chi connectivity index (χ0n) is 16.6. The monoisotopic (exact) mass is 431 g/mol. The van der Waals surface area contributed by atoms with Gasteiger partial charge in [0.1, 0.15) is 13.2 Å². The molecule has 1 N–H and O–H groups in total. The number of carbonyl (C=O) groups is 1. The van der Waals surface area contributed by atoms with Crippen molar-refractivity contribution in [2.24, 2.45) is 5.92 Å². The minimum atomic E-state index is -3.64. The van der Waals surface area contributed by atoms with Gasteiger partial charge in [-0.3, -0.25) is 9.78 Å². The smallest absolute Gasteiger partial charge is 0.243 e. The fourth-order valence-electron chi connectivity index (χ4n) is 3.71. The van der Waals surface area contributed by atoms with Crippen LogP contribution in [0.1, 0.15) is 18.4 Å². The molecule has 2 aliphatic rings. The predicted molar refractivity (Wildman–Crippen MR) is 110 cm³/mol. The number of nitrogens with one attached hydrogen (secondary N) is 1. The lowest BCUT2D eigenvalue weighted by Crippen LogP contribution is -2.43. The molecular formula is C21H25N3O5S. The third-order valence-corrected chi connectivity index (χ3v) is 7.31. The molecule has 3 heterocycles. The van der Waals surface area contributed by atoms with Crippen molar-refractivity contribution in [2.75, 3.05) is 32.8 Å². The zero-order chi connectivity index (χ0) is 21.0. The normalized spacial score (nSPS) is 17.5. The molecule has 0 saturated carbocycles. The van der Waals surface area contributed by atoms with Crippen LogP contribution in [0.3, 0.4) is 0 Å². The topological polar surface area (TPSA) is 97.8 Å². The molecule has 1 amide bonds. The molecule has 30 heavy (non-hydrogen) atoms. The lowest BCUT2D eigenvalue weighted by Gasteiger charge is -2.30. The molecule has 1 aromatic carbocycles.